The number of aromatic nitrogens is 2. The fourth-order valence-corrected chi connectivity index (χ4v) is 2.99. The third kappa shape index (κ3) is 3.35. The lowest BCUT2D eigenvalue weighted by atomic mass is 9.84. The van der Waals surface area contributed by atoms with Gasteiger partial charge in [-0.25, -0.2) is 4.98 Å². The summed E-state index contributed by atoms with van der Waals surface area (Å²) in [5, 5.41) is 3.49. The quantitative estimate of drug-likeness (QED) is 0.865. The molecule has 1 fully saturated rings. The van der Waals surface area contributed by atoms with Crippen LogP contribution in [-0.2, 0) is 6.54 Å². The summed E-state index contributed by atoms with van der Waals surface area (Å²) in [5.74, 6) is 0.914. The maximum atomic E-state index is 4.35. The van der Waals surface area contributed by atoms with Crippen molar-refractivity contribution in [3.05, 3.63) is 18.2 Å². The minimum absolute atomic E-state index is 0.531. The van der Waals surface area contributed by atoms with Crippen LogP contribution in [-0.4, -0.2) is 15.6 Å². The maximum absolute atomic E-state index is 4.35. The lowest BCUT2D eigenvalue weighted by Gasteiger charge is -2.30. The first-order valence-corrected chi connectivity index (χ1v) is 7.44. The molecule has 1 heterocycles. The van der Waals surface area contributed by atoms with Crippen molar-refractivity contribution in [1.82, 2.24) is 14.9 Å². The second kappa shape index (κ2) is 6.37. The highest BCUT2D eigenvalue weighted by molar-refractivity contribution is 5.01. The van der Waals surface area contributed by atoms with Crippen LogP contribution in [0.3, 0.4) is 0 Å². The van der Waals surface area contributed by atoms with Gasteiger partial charge in [-0.05, 0) is 18.8 Å². The van der Waals surface area contributed by atoms with Gasteiger partial charge in [0.2, 0.25) is 0 Å². The molecule has 2 atom stereocenters. The molecule has 18 heavy (non-hydrogen) atoms. The molecule has 1 aromatic heterocycles. The number of imidazole rings is 1. The van der Waals surface area contributed by atoms with Gasteiger partial charge in [-0.2, -0.15) is 0 Å². The van der Waals surface area contributed by atoms with Gasteiger partial charge in [-0.3, -0.25) is 0 Å². The van der Waals surface area contributed by atoms with Crippen LogP contribution in [0.5, 0.6) is 0 Å². The molecule has 1 aliphatic carbocycles. The average molecular weight is 249 g/mol. The van der Waals surface area contributed by atoms with Crippen molar-refractivity contribution in [3.8, 4) is 0 Å². The van der Waals surface area contributed by atoms with Crippen LogP contribution in [0.2, 0.25) is 0 Å². The first-order valence-electron chi connectivity index (χ1n) is 7.44. The second-order valence-electron chi connectivity index (χ2n) is 5.92. The van der Waals surface area contributed by atoms with E-state index in [1.54, 1.807) is 0 Å². The maximum Gasteiger partial charge on any atom is 0.0951 e. The molecule has 0 bridgehead atoms. The first-order chi connectivity index (χ1) is 8.70. The standard InChI is InChI=1S/C15H27N3/c1-4-13-6-5-7-14(8-13)18-11-16-9-15(18)10-17-12(2)3/h9,11-14,17H,4-8,10H2,1-3H3. The fourth-order valence-electron chi connectivity index (χ4n) is 2.99. The summed E-state index contributed by atoms with van der Waals surface area (Å²) in [6.07, 6.45) is 10.8. The van der Waals surface area contributed by atoms with Crippen LogP contribution >= 0.6 is 0 Å². The first kappa shape index (κ1) is 13.6. The van der Waals surface area contributed by atoms with Gasteiger partial charge in [0.05, 0.1) is 12.0 Å². The zero-order valence-electron chi connectivity index (χ0n) is 12.0. The molecule has 1 aliphatic rings. The number of rotatable bonds is 5. The van der Waals surface area contributed by atoms with Crippen molar-refractivity contribution in [2.45, 2.75) is 71.5 Å². The predicted molar refractivity (Wildman–Crippen MR) is 75.5 cm³/mol. The van der Waals surface area contributed by atoms with Crippen molar-refractivity contribution in [2.75, 3.05) is 0 Å². The molecule has 0 radical (unpaired) electrons. The van der Waals surface area contributed by atoms with Gasteiger partial charge in [0, 0.05) is 24.8 Å². The van der Waals surface area contributed by atoms with E-state index in [2.05, 4.69) is 35.6 Å². The van der Waals surface area contributed by atoms with Gasteiger partial charge in [-0.1, -0.05) is 40.0 Å². The van der Waals surface area contributed by atoms with Crippen LogP contribution in [0, 0.1) is 5.92 Å². The Balaban J connectivity index is 2.01. The average Bonchev–Trinajstić information content (AvgIpc) is 2.84. The van der Waals surface area contributed by atoms with Crippen molar-refractivity contribution >= 4 is 0 Å². The molecule has 1 N–H and O–H groups in total. The SMILES string of the molecule is CCC1CCCC(n2cncc2CNC(C)C)C1. The van der Waals surface area contributed by atoms with Gasteiger partial charge >= 0.3 is 0 Å². The minimum atomic E-state index is 0.531. The molecule has 102 valence electrons. The summed E-state index contributed by atoms with van der Waals surface area (Å²) in [6, 6.07) is 1.21. The van der Waals surface area contributed by atoms with Gasteiger partial charge in [0.1, 0.15) is 0 Å². The molecule has 0 spiro atoms. The Labute approximate surface area is 111 Å². The molecule has 1 aromatic rings. The zero-order chi connectivity index (χ0) is 13.0. The molecular formula is C15H27N3. The van der Waals surface area contributed by atoms with Crippen LogP contribution < -0.4 is 5.32 Å². The summed E-state index contributed by atoms with van der Waals surface area (Å²) >= 11 is 0. The number of nitrogens with one attached hydrogen (secondary N) is 1. The monoisotopic (exact) mass is 249 g/mol. The van der Waals surface area contributed by atoms with E-state index < -0.39 is 0 Å². The van der Waals surface area contributed by atoms with E-state index in [4.69, 9.17) is 0 Å². The largest absolute Gasteiger partial charge is 0.330 e. The van der Waals surface area contributed by atoms with E-state index in [9.17, 15) is 0 Å². The highest BCUT2D eigenvalue weighted by Crippen LogP contribution is 2.34. The molecule has 2 unspecified atom stereocenters. The Morgan fingerprint density at radius 1 is 1.44 bits per heavy atom. The van der Waals surface area contributed by atoms with E-state index in [0.29, 0.717) is 12.1 Å². The molecule has 3 nitrogen and oxygen atoms in total. The van der Waals surface area contributed by atoms with Crippen molar-refractivity contribution in [2.24, 2.45) is 5.92 Å². The number of hydrogen-bond acceptors (Lipinski definition) is 2. The van der Waals surface area contributed by atoms with Gasteiger partial charge in [-0.15, -0.1) is 0 Å². The Morgan fingerprint density at radius 2 is 2.28 bits per heavy atom. The van der Waals surface area contributed by atoms with Crippen LogP contribution in [0.1, 0.15) is 64.6 Å². The molecule has 0 aliphatic heterocycles. The summed E-state index contributed by atoms with van der Waals surface area (Å²) < 4.78 is 2.41. The summed E-state index contributed by atoms with van der Waals surface area (Å²) in [7, 11) is 0. The normalized spacial score (nSPS) is 24.7. The molecule has 0 amide bonds. The molecule has 0 saturated heterocycles. The third-order valence-electron chi connectivity index (χ3n) is 4.16. The Bertz CT molecular complexity index is 356. The second-order valence-corrected chi connectivity index (χ2v) is 5.92. The Morgan fingerprint density at radius 3 is 3.00 bits per heavy atom. The van der Waals surface area contributed by atoms with Gasteiger partial charge in [0.25, 0.3) is 0 Å². The molecular weight excluding hydrogens is 222 g/mol. The Hall–Kier alpha value is -0.830. The summed E-state index contributed by atoms with van der Waals surface area (Å²) in [6.45, 7) is 7.63. The van der Waals surface area contributed by atoms with E-state index in [1.807, 2.05) is 12.5 Å². The molecule has 3 heteroatoms. The third-order valence-corrected chi connectivity index (χ3v) is 4.16. The highest BCUT2D eigenvalue weighted by atomic mass is 15.1. The molecule has 2 rings (SSSR count). The van der Waals surface area contributed by atoms with Crippen molar-refractivity contribution < 1.29 is 0 Å². The van der Waals surface area contributed by atoms with Gasteiger partial charge < -0.3 is 9.88 Å². The molecule has 1 saturated carbocycles. The van der Waals surface area contributed by atoms with E-state index >= 15 is 0 Å². The highest BCUT2D eigenvalue weighted by Gasteiger charge is 2.23. The van der Waals surface area contributed by atoms with Gasteiger partial charge in [0.15, 0.2) is 0 Å². The number of nitrogens with zero attached hydrogens (tertiary/aromatic N) is 2. The van der Waals surface area contributed by atoms with E-state index in [1.165, 1.54) is 37.8 Å². The predicted octanol–water partition coefficient (Wildman–Crippen LogP) is 3.52. The van der Waals surface area contributed by atoms with Crippen LogP contribution in [0.4, 0.5) is 0 Å². The molecule has 0 aromatic carbocycles. The summed E-state index contributed by atoms with van der Waals surface area (Å²) in [5.41, 5.74) is 1.34. The smallest absolute Gasteiger partial charge is 0.0951 e. The van der Waals surface area contributed by atoms with Crippen LogP contribution in [0.15, 0.2) is 12.5 Å². The van der Waals surface area contributed by atoms with Crippen molar-refractivity contribution in [1.29, 1.82) is 0 Å². The van der Waals surface area contributed by atoms with E-state index in [-0.39, 0.29) is 0 Å². The zero-order valence-corrected chi connectivity index (χ0v) is 12.0. The topological polar surface area (TPSA) is 29.9 Å². The lowest BCUT2D eigenvalue weighted by Crippen LogP contribution is -2.26. The van der Waals surface area contributed by atoms with Crippen LogP contribution in [0.25, 0.3) is 0 Å². The van der Waals surface area contributed by atoms with E-state index in [0.717, 1.165) is 12.5 Å². The lowest BCUT2D eigenvalue weighted by molar-refractivity contribution is 0.257. The fraction of sp³-hybridized carbons (Fsp3) is 0.800. The Kier molecular flexibility index (Phi) is 4.81. The van der Waals surface area contributed by atoms with Crippen molar-refractivity contribution in [3.63, 3.8) is 0 Å². The number of hydrogen-bond donors (Lipinski definition) is 1. The minimum Gasteiger partial charge on any atom is -0.330 e. The summed E-state index contributed by atoms with van der Waals surface area (Å²) in [4.78, 5) is 4.35.